The predicted molar refractivity (Wildman–Crippen MR) is 102 cm³/mol. The lowest BCUT2D eigenvalue weighted by Gasteiger charge is -2.22. The van der Waals surface area contributed by atoms with Gasteiger partial charge in [0.15, 0.2) is 0 Å². The summed E-state index contributed by atoms with van der Waals surface area (Å²) in [5.74, 6) is -1.16. The first-order valence-electron chi connectivity index (χ1n) is 8.40. The van der Waals surface area contributed by atoms with Crippen LogP contribution in [0.15, 0.2) is 41.3 Å². The predicted octanol–water partition coefficient (Wildman–Crippen LogP) is 3.10. The lowest BCUT2D eigenvalue weighted by molar-refractivity contribution is -0.116. The molecule has 0 unspecified atom stereocenters. The number of rotatable bonds is 7. The quantitative estimate of drug-likeness (QED) is 0.783. The van der Waals surface area contributed by atoms with E-state index in [-0.39, 0.29) is 17.2 Å². The van der Waals surface area contributed by atoms with Crippen LogP contribution in [0.25, 0.3) is 0 Å². The van der Waals surface area contributed by atoms with Crippen molar-refractivity contribution in [3.63, 3.8) is 0 Å². The fourth-order valence-corrected chi connectivity index (χ4v) is 4.28. The van der Waals surface area contributed by atoms with E-state index in [9.17, 15) is 17.6 Å². The summed E-state index contributed by atoms with van der Waals surface area (Å²) in [5, 5.41) is 2.76. The molecule has 0 aliphatic rings. The number of sulfonamides is 1. The molecule has 0 aromatic heterocycles. The minimum Gasteiger partial charge on any atom is -0.495 e. The second-order valence-electron chi connectivity index (χ2n) is 6.04. The summed E-state index contributed by atoms with van der Waals surface area (Å²) >= 11 is 0. The third-order valence-electron chi connectivity index (χ3n) is 4.16. The monoisotopic (exact) mass is 394 g/mol. The molecular formula is C19H23FN2O4S. The highest BCUT2D eigenvalue weighted by molar-refractivity contribution is 7.89. The first kappa shape index (κ1) is 20.9. The van der Waals surface area contributed by atoms with E-state index in [1.54, 1.807) is 6.92 Å². The van der Waals surface area contributed by atoms with E-state index in [0.29, 0.717) is 5.69 Å². The summed E-state index contributed by atoms with van der Waals surface area (Å²) in [6.07, 6.45) is 0. The van der Waals surface area contributed by atoms with Crippen LogP contribution in [-0.4, -0.2) is 38.8 Å². The molecule has 1 N–H and O–H groups in total. The van der Waals surface area contributed by atoms with Gasteiger partial charge in [0.05, 0.1) is 13.7 Å². The van der Waals surface area contributed by atoms with Crippen LogP contribution in [0.1, 0.15) is 18.1 Å². The Morgan fingerprint density at radius 3 is 2.37 bits per heavy atom. The molecule has 0 fully saturated rings. The van der Waals surface area contributed by atoms with Crippen LogP contribution in [0.5, 0.6) is 5.75 Å². The van der Waals surface area contributed by atoms with E-state index >= 15 is 0 Å². The molecule has 1 amide bonds. The van der Waals surface area contributed by atoms with Crippen molar-refractivity contribution in [2.24, 2.45) is 0 Å². The average molecular weight is 394 g/mol. The van der Waals surface area contributed by atoms with Gasteiger partial charge >= 0.3 is 0 Å². The zero-order valence-corrected chi connectivity index (χ0v) is 16.6. The molecule has 0 saturated heterocycles. The lowest BCUT2D eigenvalue weighted by atomic mass is 10.1. The van der Waals surface area contributed by atoms with Crippen LogP contribution in [0.4, 0.5) is 10.1 Å². The molecular weight excluding hydrogens is 371 g/mol. The highest BCUT2D eigenvalue weighted by atomic mass is 32.2. The number of aryl methyl sites for hydroxylation is 2. The second kappa shape index (κ2) is 8.49. The van der Waals surface area contributed by atoms with E-state index in [0.717, 1.165) is 27.6 Å². The van der Waals surface area contributed by atoms with Crippen LogP contribution in [-0.2, 0) is 14.8 Å². The molecule has 2 rings (SSSR count). The average Bonchev–Trinajstić information content (AvgIpc) is 2.62. The second-order valence-corrected chi connectivity index (χ2v) is 7.95. The standard InChI is InChI=1S/C19H23FN2O4S/c1-5-22(12-18(23)21-19-13(2)7-6-8-14(19)3)27(24,25)17-11-15(20)9-10-16(17)26-4/h6-11H,5,12H2,1-4H3,(H,21,23). The number of para-hydroxylation sites is 1. The van der Waals surface area contributed by atoms with Gasteiger partial charge < -0.3 is 10.1 Å². The summed E-state index contributed by atoms with van der Waals surface area (Å²) in [5.41, 5.74) is 2.40. The van der Waals surface area contributed by atoms with Gasteiger partial charge in [-0.2, -0.15) is 4.31 Å². The topological polar surface area (TPSA) is 75.7 Å². The highest BCUT2D eigenvalue weighted by Crippen LogP contribution is 2.27. The maximum atomic E-state index is 13.6. The van der Waals surface area contributed by atoms with Gasteiger partial charge in [0.25, 0.3) is 0 Å². The number of hydrogen-bond acceptors (Lipinski definition) is 4. The first-order chi connectivity index (χ1) is 12.7. The number of carbonyl (C=O) groups is 1. The Labute approximate surface area is 159 Å². The SMILES string of the molecule is CCN(CC(=O)Nc1c(C)cccc1C)S(=O)(=O)c1cc(F)ccc1OC. The Balaban J connectivity index is 2.28. The minimum atomic E-state index is -4.12. The molecule has 0 radical (unpaired) electrons. The minimum absolute atomic E-state index is 0.0185. The largest absolute Gasteiger partial charge is 0.495 e. The number of ether oxygens (including phenoxy) is 1. The number of nitrogens with one attached hydrogen (secondary N) is 1. The molecule has 2 aromatic carbocycles. The molecule has 146 valence electrons. The smallest absolute Gasteiger partial charge is 0.247 e. The zero-order chi connectivity index (χ0) is 20.2. The Hall–Kier alpha value is -2.45. The van der Waals surface area contributed by atoms with Crippen molar-refractivity contribution in [1.82, 2.24) is 4.31 Å². The van der Waals surface area contributed by atoms with Crippen molar-refractivity contribution in [3.8, 4) is 5.75 Å². The van der Waals surface area contributed by atoms with Gasteiger partial charge in [-0.15, -0.1) is 0 Å². The van der Waals surface area contributed by atoms with Crippen molar-refractivity contribution >= 4 is 21.6 Å². The molecule has 0 atom stereocenters. The van der Waals surface area contributed by atoms with Crippen LogP contribution >= 0.6 is 0 Å². The maximum absolute atomic E-state index is 13.6. The number of halogens is 1. The van der Waals surface area contributed by atoms with Crippen molar-refractivity contribution in [2.45, 2.75) is 25.7 Å². The van der Waals surface area contributed by atoms with E-state index in [4.69, 9.17) is 4.74 Å². The van der Waals surface area contributed by atoms with Crippen molar-refractivity contribution < 1.29 is 22.3 Å². The van der Waals surface area contributed by atoms with Gasteiger partial charge in [-0.1, -0.05) is 25.1 Å². The molecule has 27 heavy (non-hydrogen) atoms. The molecule has 0 heterocycles. The Morgan fingerprint density at radius 2 is 1.81 bits per heavy atom. The van der Waals surface area contributed by atoms with Gasteiger partial charge in [-0.05, 0) is 43.2 Å². The van der Waals surface area contributed by atoms with Gasteiger partial charge in [-0.3, -0.25) is 4.79 Å². The molecule has 0 aliphatic carbocycles. The number of benzene rings is 2. The number of likely N-dealkylation sites (N-methyl/N-ethyl adjacent to an activating group) is 1. The van der Waals surface area contributed by atoms with Crippen molar-refractivity contribution in [3.05, 3.63) is 53.3 Å². The van der Waals surface area contributed by atoms with E-state index < -0.39 is 28.3 Å². The van der Waals surface area contributed by atoms with Gasteiger partial charge in [0, 0.05) is 12.2 Å². The van der Waals surface area contributed by atoms with Gasteiger partial charge in [0.2, 0.25) is 15.9 Å². The summed E-state index contributed by atoms with van der Waals surface area (Å²) in [6, 6.07) is 8.83. The van der Waals surface area contributed by atoms with Crippen LogP contribution in [0.3, 0.4) is 0 Å². The summed E-state index contributed by atoms with van der Waals surface area (Å²) in [4.78, 5) is 12.1. The maximum Gasteiger partial charge on any atom is 0.247 e. The Kier molecular flexibility index (Phi) is 6.56. The van der Waals surface area contributed by atoms with Crippen LogP contribution in [0.2, 0.25) is 0 Å². The van der Waals surface area contributed by atoms with Crippen LogP contribution < -0.4 is 10.1 Å². The number of anilines is 1. The van der Waals surface area contributed by atoms with Gasteiger partial charge in [-0.25, -0.2) is 12.8 Å². The molecule has 0 saturated carbocycles. The third kappa shape index (κ3) is 4.64. The number of amides is 1. The van der Waals surface area contributed by atoms with E-state index in [1.165, 1.54) is 13.2 Å². The molecule has 8 heteroatoms. The van der Waals surface area contributed by atoms with E-state index in [1.807, 2.05) is 32.0 Å². The number of carbonyl (C=O) groups excluding carboxylic acids is 1. The summed E-state index contributed by atoms with van der Waals surface area (Å²) in [7, 11) is -2.81. The third-order valence-corrected chi connectivity index (χ3v) is 6.10. The Morgan fingerprint density at radius 1 is 1.19 bits per heavy atom. The number of methoxy groups -OCH3 is 1. The summed E-state index contributed by atoms with van der Waals surface area (Å²) in [6.45, 7) is 4.97. The fourth-order valence-electron chi connectivity index (χ4n) is 2.71. The fraction of sp³-hybridized carbons (Fsp3) is 0.316. The molecule has 0 spiro atoms. The molecule has 6 nitrogen and oxygen atoms in total. The lowest BCUT2D eigenvalue weighted by Crippen LogP contribution is -2.38. The number of hydrogen-bond donors (Lipinski definition) is 1. The molecule has 2 aromatic rings. The summed E-state index contributed by atoms with van der Waals surface area (Å²) < 4.78 is 45.5. The number of nitrogens with zero attached hydrogens (tertiary/aromatic N) is 1. The molecule has 0 aliphatic heterocycles. The van der Waals surface area contributed by atoms with Crippen LogP contribution in [0, 0.1) is 19.7 Å². The normalized spacial score (nSPS) is 11.5. The van der Waals surface area contributed by atoms with Gasteiger partial charge in [0.1, 0.15) is 16.5 Å². The first-order valence-corrected chi connectivity index (χ1v) is 9.84. The highest BCUT2D eigenvalue weighted by Gasteiger charge is 2.29. The van der Waals surface area contributed by atoms with Crippen molar-refractivity contribution in [1.29, 1.82) is 0 Å². The molecule has 0 bridgehead atoms. The zero-order valence-electron chi connectivity index (χ0n) is 15.7. The van der Waals surface area contributed by atoms with E-state index in [2.05, 4.69) is 5.32 Å². The Bertz CT molecular complexity index is 924. The van der Waals surface area contributed by atoms with Crippen molar-refractivity contribution in [2.75, 3.05) is 25.5 Å².